The molecule has 2 aliphatic rings. The van der Waals surface area contributed by atoms with Gasteiger partial charge in [-0.1, -0.05) is 71.6 Å². The van der Waals surface area contributed by atoms with E-state index in [9.17, 15) is 9.59 Å². The van der Waals surface area contributed by atoms with E-state index < -0.39 is 5.54 Å². The molecule has 0 aromatic heterocycles. The van der Waals surface area contributed by atoms with Crippen LogP contribution < -0.4 is 10.6 Å². The summed E-state index contributed by atoms with van der Waals surface area (Å²) in [7, 11) is 0. The number of nitrogens with one attached hydrogen (secondary N) is 3. The van der Waals surface area contributed by atoms with E-state index in [1.165, 1.54) is 25.7 Å². The van der Waals surface area contributed by atoms with Crippen molar-refractivity contribution in [1.29, 1.82) is 5.41 Å². The van der Waals surface area contributed by atoms with Gasteiger partial charge in [-0.05, 0) is 38.5 Å². The van der Waals surface area contributed by atoms with Crippen LogP contribution in [0.25, 0.3) is 0 Å². The van der Waals surface area contributed by atoms with Gasteiger partial charge in [-0.15, -0.1) is 0 Å². The summed E-state index contributed by atoms with van der Waals surface area (Å²) in [6, 6.07) is 0.369. The van der Waals surface area contributed by atoms with Gasteiger partial charge in [0, 0.05) is 19.0 Å². The van der Waals surface area contributed by atoms with Crippen LogP contribution in [0, 0.1) is 5.41 Å². The summed E-state index contributed by atoms with van der Waals surface area (Å²) in [6.07, 6.45) is 16.2. The molecule has 0 aromatic rings. The predicted octanol–water partition coefficient (Wildman–Crippen LogP) is 4.87. The summed E-state index contributed by atoms with van der Waals surface area (Å²) in [5, 5.41) is 14.8. The summed E-state index contributed by atoms with van der Waals surface area (Å²) in [5.41, 5.74) is -0.568. The zero-order chi connectivity index (χ0) is 21.8. The Labute approximate surface area is 183 Å². The van der Waals surface area contributed by atoms with Crippen molar-refractivity contribution in [3.05, 3.63) is 0 Å². The molecule has 1 aliphatic carbocycles. The molecule has 1 saturated carbocycles. The third kappa shape index (κ3) is 7.28. The number of unbranched alkanes of at least 4 members (excludes halogenated alkanes) is 4. The van der Waals surface area contributed by atoms with Crippen molar-refractivity contribution < 1.29 is 9.59 Å². The molecule has 2 amide bonds. The fraction of sp³-hybridized carbons (Fsp3) is 0.875. The summed E-state index contributed by atoms with van der Waals surface area (Å²) in [5.74, 6) is 0.519. The molecule has 6 heteroatoms. The highest BCUT2D eigenvalue weighted by atomic mass is 16.2. The lowest BCUT2D eigenvalue weighted by atomic mass is 9.87. The highest BCUT2D eigenvalue weighted by Gasteiger charge is 2.47. The van der Waals surface area contributed by atoms with Gasteiger partial charge >= 0.3 is 0 Å². The molecule has 0 spiro atoms. The van der Waals surface area contributed by atoms with Crippen LogP contribution >= 0.6 is 0 Å². The minimum absolute atomic E-state index is 0.0838. The molecular formula is C24H44N4O2. The molecule has 6 nitrogen and oxygen atoms in total. The van der Waals surface area contributed by atoms with Crippen molar-refractivity contribution >= 4 is 17.8 Å². The van der Waals surface area contributed by atoms with Crippen molar-refractivity contribution in [2.45, 2.75) is 128 Å². The number of carbonyl (C=O) groups is 2. The van der Waals surface area contributed by atoms with Crippen molar-refractivity contribution in [2.24, 2.45) is 0 Å². The lowest BCUT2D eigenvalue weighted by molar-refractivity contribution is -0.131. The van der Waals surface area contributed by atoms with Gasteiger partial charge in [-0.3, -0.25) is 19.9 Å². The molecule has 3 N–H and O–H groups in total. The molecular weight excluding hydrogens is 376 g/mol. The molecule has 2 fully saturated rings. The SMILES string of the molecule is CCCCC1(CCCC)NC(=N)N(CCCCCC(=O)NC2CCCCCC2)C1=O. The molecule has 1 heterocycles. The predicted molar refractivity (Wildman–Crippen MR) is 122 cm³/mol. The van der Waals surface area contributed by atoms with E-state index in [1.807, 2.05) is 0 Å². The third-order valence-electron chi connectivity index (χ3n) is 6.70. The number of rotatable bonds is 13. The Bertz CT molecular complexity index is 547. The molecule has 2 rings (SSSR count). The van der Waals surface area contributed by atoms with Crippen LogP contribution in [0.4, 0.5) is 0 Å². The smallest absolute Gasteiger partial charge is 0.255 e. The van der Waals surface area contributed by atoms with Gasteiger partial charge in [0.05, 0.1) is 0 Å². The number of guanidine groups is 1. The maximum absolute atomic E-state index is 13.1. The zero-order valence-electron chi connectivity index (χ0n) is 19.4. The van der Waals surface area contributed by atoms with Gasteiger partial charge in [0.15, 0.2) is 5.96 Å². The first-order chi connectivity index (χ1) is 14.5. The van der Waals surface area contributed by atoms with E-state index in [4.69, 9.17) is 5.41 Å². The molecule has 1 saturated heterocycles. The van der Waals surface area contributed by atoms with E-state index in [2.05, 4.69) is 24.5 Å². The average Bonchev–Trinajstić information content (AvgIpc) is 2.89. The minimum Gasteiger partial charge on any atom is -0.353 e. The first-order valence-electron chi connectivity index (χ1n) is 12.5. The number of hydrogen-bond acceptors (Lipinski definition) is 3. The van der Waals surface area contributed by atoms with Crippen molar-refractivity contribution in [3.63, 3.8) is 0 Å². The molecule has 0 unspecified atom stereocenters. The number of carbonyl (C=O) groups excluding carboxylic acids is 2. The first kappa shape index (κ1) is 24.7. The molecule has 0 radical (unpaired) electrons. The van der Waals surface area contributed by atoms with E-state index >= 15 is 0 Å². The number of hydrogen-bond donors (Lipinski definition) is 3. The first-order valence-corrected chi connectivity index (χ1v) is 12.5. The highest BCUT2D eigenvalue weighted by molar-refractivity contribution is 6.07. The molecule has 0 atom stereocenters. The van der Waals surface area contributed by atoms with Crippen LogP contribution in [0.2, 0.25) is 0 Å². The van der Waals surface area contributed by atoms with Crippen molar-refractivity contribution in [2.75, 3.05) is 6.54 Å². The maximum Gasteiger partial charge on any atom is 0.255 e. The van der Waals surface area contributed by atoms with Gasteiger partial charge in [-0.2, -0.15) is 0 Å². The maximum atomic E-state index is 13.1. The Kier molecular flexibility index (Phi) is 10.7. The normalized spacial score (nSPS) is 19.6. The molecule has 0 bridgehead atoms. The number of amides is 2. The standard InChI is InChI=1S/C24H44N4O2/c1-3-5-17-24(18-6-4-2)22(30)28(23(25)27-24)19-13-9-12-16-21(29)26-20-14-10-7-8-11-15-20/h20H,3-19H2,1-2H3,(H2,25,27)(H,26,29). The lowest BCUT2D eigenvalue weighted by Crippen LogP contribution is -2.47. The van der Waals surface area contributed by atoms with Crippen LogP contribution in [0.15, 0.2) is 0 Å². The monoisotopic (exact) mass is 420 g/mol. The van der Waals surface area contributed by atoms with Crippen molar-refractivity contribution in [3.8, 4) is 0 Å². The van der Waals surface area contributed by atoms with Crippen LogP contribution in [0.5, 0.6) is 0 Å². The van der Waals surface area contributed by atoms with Crippen LogP contribution in [0.1, 0.15) is 117 Å². The van der Waals surface area contributed by atoms with E-state index in [0.29, 0.717) is 19.0 Å². The second-order valence-electron chi connectivity index (χ2n) is 9.29. The topological polar surface area (TPSA) is 85.3 Å². The zero-order valence-corrected chi connectivity index (χ0v) is 19.4. The highest BCUT2D eigenvalue weighted by Crippen LogP contribution is 2.29. The number of nitrogens with zero attached hydrogens (tertiary/aromatic N) is 1. The Morgan fingerprint density at radius 1 is 1.03 bits per heavy atom. The van der Waals surface area contributed by atoms with Gasteiger partial charge in [0.25, 0.3) is 5.91 Å². The van der Waals surface area contributed by atoms with Gasteiger partial charge in [0.2, 0.25) is 5.91 Å². The Morgan fingerprint density at radius 3 is 2.27 bits per heavy atom. The molecule has 1 aliphatic heterocycles. The summed E-state index contributed by atoms with van der Waals surface area (Å²) in [6.45, 7) is 4.86. The Balaban J connectivity index is 1.71. The van der Waals surface area contributed by atoms with Crippen LogP contribution in [-0.2, 0) is 9.59 Å². The van der Waals surface area contributed by atoms with Crippen LogP contribution in [-0.4, -0.2) is 40.8 Å². The van der Waals surface area contributed by atoms with Crippen molar-refractivity contribution in [1.82, 2.24) is 15.5 Å². The van der Waals surface area contributed by atoms with Gasteiger partial charge in [-0.25, -0.2) is 0 Å². The quantitative estimate of drug-likeness (QED) is 0.293. The molecule has 172 valence electrons. The van der Waals surface area contributed by atoms with E-state index in [0.717, 1.165) is 70.6 Å². The second-order valence-corrected chi connectivity index (χ2v) is 9.29. The summed E-state index contributed by atoms with van der Waals surface area (Å²) < 4.78 is 0. The van der Waals surface area contributed by atoms with Gasteiger partial charge < -0.3 is 10.6 Å². The summed E-state index contributed by atoms with van der Waals surface area (Å²) in [4.78, 5) is 27.0. The fourth-order valence-electron chi connectivity index (χ4n) is 4.80. The second kappa shape index (κ2) is 13.0. The Hall–Kier alpha value is -1.59. The van der Waals surface area contributed by atoms with E-state index in [-0.39, 0.29) is 17.8 Å². The minimum atomic E-state index is -0.568. The third-order valence-corrected chi connectivity index (χ3v) is 6.70. The summed E-state index contributed by atoms with van der Waals surface area (Å²) >= 11 is 0. The molecule has 0 aromatic carbocycles. The average molecular weight is 421 g/mol. The fourth-order valence-corrected chi connectivity index (χ4v) is 4.80. The lowest BCUT2D eigenvalue weighted by Gasteiger charge is -2.27. The van der Waals surface area contributed by atoms with E-state index in [1.54, 1.807) is 4.90 Å². The van der Waals surface area contributed by atoms with Crippen LogP contribution in [0.3, 0.4) is 0 Å². The Morgan fingerprint density at radius 2 is 1.67 bits per heavy atom. The van der Waals surface area contributed by atoms with Gasteiger partial charge in [0.1, 0.15) is 5.54 Å². The molecule has 30 heavy (non-hydrogen) atoms. The largest absolute Gasteiger partial charge is 0.353 e.